The lowest BCUT2D eigenvalue weighted by atomic mass is 10.0. The third-order valence-corrected chi connectivity index (χ3v) is 6.55. The summed E-state index contributed by atoms with van der Waals surface area (Å²) >= 11 is 0. The Kier molecular flexibility index (Phi) is 8.11. The Morgan fingerprint density at radius 1 is 0.558 bits per heavy atom. The van der Waals surface area contributed by atoms with Crippen molar-refractivity contribution in [1.29, 1.82) is 0 Å². The van der Waals surface area contributed by atoms with Gasteiger partial charge < -0.3 is 18.9 Å². The standard InChI is InChI=1S/C35H24O8/c1-4-32(36)40-24-9-12-26-22(19-24)18-23-20-25(10-13-27(23)26)41-35(39)16-8-21-7-11-28-29(17-21)31(43-34(38)6-3)15-14-30(28)42-33(37)5-2/h4-17,19-20H,1-3,18H2/b16-8+. The second-order valence-electron chi connectivity index (χ2n) is 9.31. The van der Waals surface area contributed by atoms with Crippen molar-refractivity contribution in [1.82, 2.24) is 0 Å². The summed E-state index contributed by atoms with van der Waals surface area (Å²) in [4.78, 5) is 47.9. The van der Waals surface area contributed by atoms with Gasteiger partial charge in [0.05, 0.1) is 0 Å². The molecule has 0 fully saturated rings. The molecule has 0 bridgehead atoms. The molecule has 0 unspecified atom stereocenters. The molecule has 0 amide bonds. The van der Waals surface area contributed by atoms with Gasteiger partial charge in [0.15, 0.2) is 0 Å². The van der Waals surface area contributed by atoms with Gasteiger partial charge in [0.1, 0.15) is 23.0 Å². The van der Waals surface area contributed by atoms with Crippen LogP contribution in [-0.2, 0) is 25.6 Å². The van der Waals surface area contributed by atoms with Crippen LogP contribution in [0.15, 0.2) is 111 Å². The summed E-state index contributed by atoms with van der Waals surface area (Å²) < 4.78 is 21.4. The molecule has 1 aliphatic carbocycles. The van der Waals surface area contributed by atoms with Crippen molar-refractivity contribution < 1.29 is 38.1 Å². The van der Waals surface area contributed by atoms with Gasteiger partial charge in [-0.05, 0) is 88.8 Å². The van der Waals surface area contributed by atoms with E-state index in [1.54, 1.807) is 42.5 Å². The van der Waals surface area contributed by atoms with Crippen LogP contribution in [0, 0.1) is 0 Å². The lowest BCUT2D eigenvalue weighted by molar-refractivity contribution is -0.129. The zero-order chi connectivity index (χ0) is 30.5. The molecule has 0 atom stereocenters. The number of benzene rings is 4. The molecule has 1 aliphatic rings. The third-order valence-electron chi connectivity index (χ3n) is 6.55. The highest BCUT2D eigenvalue weighted by Crippen LogP contribution is 2.40. The number of rotatable bonds is 9. The van der Waals surface area contributed by atoms with E-state index in [1.807, 2.05) is 18.2 Å². The first-order valence-corrected chi connectivity index (χ1v) is 13.0. The molecule has 0 spiro atoms. The van der Waals surface area contributed by atoms with E-state index in [0.717, 1.165) is 40.5 Å². The molecule has 8 nitrogen and oxygen atoms in total. The van der Waals surface area contributed by atoms with Crippen molar-refractivity contribution in [3.8, 4) is 34.1 Å². The summed E-state index contributed by atoms with van der Waals surface area (Å²) in [6, 6.07) is 18.9. The number of hydrogen-bond acceptors (Lipinski definition) is 8. The molecular formula is C35H24O8. The SMILES string of the molecule is C=CC(=O)Oc1ccc2c(c1)Cc1cc(OC(=O)/C=C/c3ccc4c(OC(=O)C=C)ccc(OC(=O)C=C)c4c3)ccc1-2. The number of fused-ring (bicyclic) bond motifs is 4. The fourth-order valence-corrected chi connectivity index (χ4v) is 4.66. The fourth-order valence-electron chi connectivity index (χ4n) is 4.66. The van der Waals surface area contributed by atoms with Gasteiger partial charge in [0.25, 0.3) is 0 Å². The second-order valence-corrected chi connectivity index (χ2v) is 9.31. The number of ether oxygens (including phenoxy) is 4. The van der Waals surface area contributed by atoms with E-state index in [4.69, 9.17) is 18.9 Å². The van der Waals surface area contributed by atoms with Gasteiger partial charge in [0.2, 0.25) is 0 Å². The van der Waals surface area contributed by atoms with Crippen molar-refractivity contribution in [2.75, 3.05) is 0 Å². The van der Waals surface area contributed by atoms with E-state index in [9.17, 15) is 19.2 Å². The Balaban J connectivity index is 1.33. The minimum atomic E-state index is -0.657. The Labute approximate surface area is 246 Å². The highest BCUT2D eigenvalue weighted by atomic mass is 16.5. The normalized spacial score (nSPS) is 11.3. The van der Waals surface area contributed by atoms with Gasteiger partial charge in [-0.1, -0.05) is 37.9 Å². The Morgan fingerprint density at radius 2 is 1.07 bits per heavy atom. The first kappa shape index (κ1) is 28.5. The van der Waals surface area contributed by atoms with Crippen LogP contribution in [0.25, 0.3) is 28.0 Å². The number of esters is 4. The highest BCUT2D eigenvalue weighted by Gasteiger charge is 2.20. The Bertz CT molecular complexity index is 1880. The molecule has 0 saturated carbocycles. The minimum absolute atomic E-state index is 0.223. The topological polar surface area (TPSA) is 105 Å². The maximum atomic E-state index is 12.7. The van der Waals surface area contributed by atoms with Crippen LogP contribution in [0.2, 0.25) is 0 Å². The van der Waals surface area contributed by atoms with Gasteiger partial charge in [-0.3, -0.25) is 0 Å². The van der Waals surface area contributed by atoms with Crippen molar-refractivity contribution >= 4 is 40.7 Å². The lowest BCUT2D eigenvalue weighted by Gasteiger charge is -2.11. The minimum Gasteiger partial charge on any atom is -0.423 e. The Hall–Kier alpha value is -6.02. The molecule has 0 aromatic heterocycles. The molecule has 5 rings (SSSR count). The van der Waals surface area contributed by atoms with Gasteiger partial charge in [0, 0.05) is 35.1 Å². The van der Waals surface area contributed by atoms with Crippen molar-refractivity contribution in [2.45, 2.75) is 6.42 Å². The zero-order valence-corrected chi connectivity index (χ0v) is 22.8. The molecule has 4 aromatic carbocycles. The van der Waals surface area contributed by atoms with Crippen LogP contribution in [0.5, 0.6) is 23.0 Å². The van der Waals surface area contributed by atoms with Gasteiger partial charge in [-0.15, -0.1) is 0 Å². The molecule has 0 saturated heterocycles. The highest BCUT2D eigenvalue weighted by molar-refractivity contribution is 5.99. The summed E-state index contributed by atoms with van der Waals surface area (Å²) in [6.45, 7) is 10.2. The van der Waals surface area contributed by atoms with Crippen LogP contribution >= 0.6 is 0 Å². The predicted octanol–water partition coefficient (Wildman–Crippen LogP) is 6.30. The number of hydrogen-bond donors (Lipinski definition) is 0. The van der Waals surface area contributed by atoms with Crippen molar-refractivity contribution in [2.24, 2.45) is 0 Å². The summed E-state index contributed by atoms with van der Waals surface area (Å²) in [7, 11) is 0. The smallest absolute Gasteiger partial charge is 0.336 e. The molecule has 0 aliphatic heterocycles. The first-order chi connectivity index (χ1) is 20.8. The summed E-state index contributed by atoms with van der Waals surface area (Å²) in [6.07, 6.45) is 6.60. The molecule has 212 valence electrons. The van der Waals surface area contributed by atoms with Crippen molar-refractivity contribution in [3.63, 3.8) is 0 Å². The molecular weight excluding hydrogens is 548 g/mol. The maximum absolute atomic E-state index is 12.7. The quantitative estimate of drug-likeness (QED) is 0.115. The van der Waals surface area contributed by atoms with E-state index in [-0.39, 0.29) is 11.5 Å². The molecule has 8 heteroatoms. The van der Waals surface area contributed by atoms with E-state index in [1.165, 1.54) is 18.2 Å². The van der Waals surface area contributed by atoms with Gasteiger partial charge >= 0.3 is 23.9 Å². The fraction of sp³-hybridized carbons (Fsp3) is 0.0286. The van der Waals surface area contributed by atoms with Crippen molar-refractivity contribution in [3.05, 3.63) is 127 Å². The van der Waals surface area contributed by atoms with Crippen LogP contribution in [0.1, 0.15) is 16.7 Å². The first-order valence-electron chi connectivity index (χ1n) is 13.0. The number of carbonyl (C=O) groups excluding carboxylic acids is 4. The van der Waals surface area contributed by atoms with E-state index >= 15 is 0 Å². The van der Waals surface area contributed by atoms with Gasteiger partial charge in [-0.25, -0.2) is 19.2 Å². The van der Waals surface area contributed by atoms with E-state index < -0.39 is 23.9 Å². The average molecular weight is 573 g/mol. The molecule has 0 radical (unpaired) electrons. The van der Waals surface area contributed by atoms with E-state index in [2.05, 4.69) is 19.7 Å². The second kappa shape index (κ2) is 12.2. The lowest BCUT2D eigenvalue weighted by Crippen LogP contribution is -2.06. The molecule has 0 N–H and O–H groups in total. The molecule has 0 heterocycles. The van der Waals surface area contributed by atoms with E-state index in [0.29, 0.717) is 34.3 Å². The monoisotopic (exact) mass is 572 g/mol. The van der Waals surface area contributed by atoms with Crippen LogP contribution in [0.4, 0.5) is 0 Å². The van der Waals surface area contributed by atoms with Crippen LogP contribution in [-0.4, -0.2) is 23.9 Å². The van der Waals surface area contributed by atoms with Crippen LogP contribution in [0.3, 0.4) is 0 Å². The number of carbonyl (C=O) groups is 4. The zero-order valence-electron chi connectivity index (χ0n) is 22.8. The van der Waals surface area contributed by atoms with Crippen LogP contribution < -0.4 is 18.9 Å². The van der Waals surface area contributed by atoms with Gasteiger partial charge in [-0.2, -0.15) is 0 Å². The molecule has 4 aromatic rings. The summed E-state index contributed by atoms with van der Waals surface area (Å²) in [5.74, 6) is -1.14. The maximum Gasteiger partial charge on any atom is 0.336 e. The Morgan fingerprint density at radius 3 is 1.63 bits per heavy atom. The predicted molar refractivity (Wildman–Crippen MR) is 161 cm³/mol. The summed E-state index contributed by atoms with van der Waals surface area (Å²) in [5.41, 5.74) is 4.59. The summed E-state index contributed by atoms with van der Waals surface area (Å²) in [5, 5.41) is 0.982. The third kappa shape index (κ3) is 6.34. The largest absolute Gasteiger partial charge is 0.423 e. The average Bonchev–Trinajstić information content (AvgIpc) is 3.37. The molecule has 43 heavy (non-hydrogen) atoms.